The van der Waals surface area contributed by atoms with Gasteiger partial charge in [0.15, 0.2) is 0 Å². The van der Waals surface area contributed by atoms with Crippen LogP contribution in [0.5, 0.6) is 0 Å². The van der Waals surface area contributed by atoms with Crippen LogP contribution in [0.2, 0.25) is 10.0 Å². The number of ether oxygens (including phenoxy) is 1. The van der Waals surface area contributed by atoms with Gasteiger partial charge in [0, 0.05) is 16.7 Å². The summed E-state index contributed by atoms with van der Waals surface area (Å²) in [6, 6.07) is 3.43. The van der Waals surface area contributed by atoms with E-state index in [4.69, 9.17) is 27.9 Å². The van der Waals surface area contributed by atoms with Crippen molar-refractivity contribution in [3.05, 3.63) is 33.3 Å². The molecule has 0 bridgehead atoms. The molecule has 2 N–H and O–H groups in total. The summed E-state index contributed by atoms with van der Waals surface area (Å²) in [4.78, 5) is 12.8. The summed E-state index contributed by atoms with van der Waals surface area (Å²) in [5.74, 6) is -0.800. The molecule has 1 saturated carbocycles. The van der Waals surface area contributed by atoms with Crippen molar-refractivity contribution in [1.29, 1.82) is 0 Å². The van der Waals surface area contributed by atoms with Gasteiger partial charge in [-0.3, -0.25) is 4.79 Å². The van der Waals surface area contributed by atoms with E-state index in [0.717, 1.165) is 50.7 Å². The van der Waals surface area contributed by atoms with E-state index in [2.05, 4.69) is 5.32 Å². The molecule has 0 radical (unpaired) electrons. The Morgan fingerprint density at radius 1 is 1.20 bits per heavy atom. The molecule has 1 amide bonds. The predicted molar refractivity (Wildman–Crippen MR) is 97.2 cm³/mol. The minimum absolute atomic E-state index is 0.0401. The third-order valence-electron chi connectivity index (χ3n) is 6.39. The first kappa shape index (κ1) is 17.6. The number of amides is 1. The van der Waals surface area contributed by atoms with E-state index in [9.17, 15) is 9.90 Å². The van der Waals surface area contributed by atoms with Crippen molar-refractivity contribution in [2.75, 3.05) is 6.61 Å². The van der Waals surface area contributed by atoms with E-state index in [-0.39, 0.29) is 11.5 Å². The molecule has 2 spiro atoms. The predicted octanol–water partition coefficient (Wildman–Crippen LogP) is 3.74. The van der Waals surface area contributed by atoms with Gasteiger partial charge in [-0.1, -0.05) is 23.2 Å². The maximum atomic E-state index is 12.8. The summed E-state index contributed by atoms with van der Waals surface area (Å²) in [5.41, 5.74) is 0.904. The second kappa shape index (κ2) is 6.12. The summed E-state index contributed by atoms with van der Waals surface area (Å²) in [7, 11) is 0. The van der Waals surface area contributed by atoms with Crippen molar-refractivity contribution in [3.63, 3.8) is 0 Å². The van der Waals surface area contributed by atoms with Crippen molar-refractivity contribution < 1.29 is 14.6 Å². The molecule has 4 rings (SSSR count). The number of nitrogens with one attached hydrogen (secondary N) is 1. The topological polar surface area (TPSA) is 58.6 Å². The van der Waals surface area contributed by atoms with Crippen LogP contribution in [0, 0.1) is 6.92 Å². The Labute approximate surface area is 157 Å². The van der Waals surface area contributed by atoms with Crippen molar-refractivity contribution >= 4 is 29.1 Å². The normalized spacial score (nSPS) is 37.8. The Morgan fingerprint density at radius 2 is 1.92 bits per heavy atom. The zero-order valence-electron chi connectivity index (χ0n) is 14.3. The van der Waals surface area contributed by atoms with Crippen LogP contribution in [0.3, 0.4) is 0 Å². The van der Waals surface area contributed by atoms with Crippen LogP contribution >= 0.6 is 23.2 Å². The van der Waals surface area contributed by atoms with Crippen molar-refractivity contribution in [3.8, 4) is 0 Å². The van der Waals surface area contributed by atoms with E-state index in [0.29, 0.717) is 15.6 Å². The standard InChI is InChI=1S/C19H23Cl2NO3/c1-11-9-12(20)10-13(21)14(11)15-16(23)19(22-17(15)24)6-4-18(5-7-19)3-2-8-25-18/h9-10,15-16,23H,2-8H2,1H3,(H,22,24). The number of aryl methyl sites for hydroxylation is 1. The zero-order chi connectivity index (χ0) is 17.8. The first-order valence-corrected chi connectivity index (χ1v) is 9.71. The van der Waals surface area contributed by atoms with Gasteiger partial charge in [-0.15, -0.1) is 0 Å². The van der Waals surface area contributed by atoms with Gasteiger partial charge >= 0.3 is 0 Å². The molecule has 2 atom stereocenters. The molecule has 4 nitrogen and oxygen atoms in total. The van der Waals surface area contributed by atoms with Gasteiger partial charge in [0.25, 0.3) is 0 Å². The SMILES string of the molecule is Cc1cc(Cl)cc(Cl)c1C1C(=O)NC2(CCC3(CCCO3)CC2)C1O. The minimum Gasteiger partial charge on any atom is -0.389 e. The highest BCUT2D eigenvalue weighted by molar-refractivity contribution is 6.35. The summed E-state index contributed by atoms with van der Waals surface area (Å²) in [5, 5.41) is 15.2. The lowest BCUT2D eigenvalue weighted by Crippen LogP contribution is -2.54. The molecule has 1 aromatic rings. The lowest BCUT2D eigenvalue weighted by atomic mass is 9.69. The van der Waals surface area contributed by atoms with Gasteiger partial charge in [0.2, 0.25) is 5.91 Å². The summed E-state index contributed by atoms with van der Waals surface area (Å²) in [6.07, 6.45) is 4.62. The highest BCUT2D eigenvalue weighted by Crippen LogP contribution is 2.49. The van der Waals surface area contributed by atoms with Crippen LogP contribution in [0.4, 0.5) is 0 Å². The number of hydrogen-bond acceptors (Lipinski definition) is 3. The van der Waals surface area contributed by atoms with Gasteiger partial charge in [-0.05, 0) is 68.7 Å². The Hall–Kier alpha value is -0.810. The molecule has 3 fully saturated rings. The summed E-state index contributed by atoms with van der Waals surface area (Å²) < 4.78 is 5.98. The van der Waals surface area contributed by atoms with Gasteiger partial charge in [0.05, 0.1) is 23.2 Å². The molecule has 2 saturated heterocycles. The average molecular weight is 384 g/mol. The maximum Gasteiger partial charge on any atom is 0.230 e. The van der Waals surface area contributed by atoms with Crippen molar-refractivity contribution in [2.45, 2.75) is 68.6 Å². The van der Waals surface area contributed by atoms with Crippen LogP contribution in [0.1, 0.15) is 55.6 Å². The van der Waals surface area contributed by atoms with Crippen LogP contribution in [0.15, 0.2) is 12.1 Å². The second-order valence-electron chi connectivity index (χ2n) is 7.82. The van der Waals surface area contributed by atoms with Crippen LogP contribution in [-0.4, -0.2) is 34.9 Å². The van der Waals surface area contributed by atoms with Crippen LogP contribution in [0.25, 0.3) is 0 Å². The minimum atomic E-state index is -0.795. The smallest absolute Gasteiger partial charge is 0.230 e. The number of benzene rings is 1. The third-order valence-corrected chi connectivity index (χ3v) is 6.92. The molecule has 2 unspecified atom stereocenters. The first-order chi connectivity index (χ1) is 11.9. The number of halogens is 2. The molecule has 1 aromatic carbocycles. The number of aliphatic hydroxyl groups is 1. The largest absolute Gasteiger partial charge is 0.389 e. The number of carbonyl (C=O) groups excluding carboxylic acids is 1. The van der Waals surface area contributed by atoms with Gasteiger partial charge in [0.1, 0.15) is 0 Å². The van der Waals surface area contributed by atoms with Crippen molar-refractivity contribution in [1.82, 2.24) is 5.32 Å². The van der Waals surface area contributed by atoms with Gasteiger partial charge < -0.3 is 15.2 Å². The van der Waals surface area contributed by atoms with Crippen LogP contribution < -0.4 is 5.32 Å². The van der Waals surface area contributed by atoms with Gasteiger partial charge in [-0.25, -0.2) is 0 Å². The number of aliphatic hydroxyl groups excluding tert-OH is 1. The fourth-order valence-electron chi connectivity index (χ4n) is 4.98. The molecular formula is C19H23Cl2NO3. The maximum absolute atomic E-state index is 12.8. The Morgan fingerprint density at radius 3 is 2.52 bits per heavy atom. The molecule has 6 heteroatoms. The van der Waals surface area contributed by atoms with Crippen LogP contribution in [-0.2, 0) is 9.53 Å². The molecule has 2 heterocycles. The molecule has 3 aliphatic rings. The molecule has 1 aliphatic carbocycles. The summed E-state index contributed by atoms with van der Waals surface area (Å²) >= 11 is 12.4. The average Bonchev–Trinajstić information content (AvgIpc) is 3.09. The van der Waals surface area contributed by atoms with Crippen molar-refractivity contribution in [2.24, 2.45) is 0 Å². The molecule has 0 aromatic heterocycles. The molecule has 2 aliphatic heterocycles. The quantitative estimate of drug-likeness (QED) is 0.776. The fourth-order valence-corrected chi connectivity index (χ4v) is 5.69. The summed E-state index contributed by atoms with van der Waals surface area (Å²) in [6.45, 7) is 2.70. The number of hydrogen-bond donors (Lipinski definition) is 2. The highest BCUT2D eigenvalue weighted by atomic mass is 35.5. The molecule has 25 heavy (non-hydrogen) atoms. The van der Waals surface area contributed by atoms with E-state index < -0.39 is 17.6 Å². The Bertz CT molecular complexity index is 682. The third kappa shape index (κ3) is 2.78. The van der Waals surface area contributed by atoms with E-state index in [1.165, 1.54) is 0 Å². The Kier molecular flexibility index (Phi) is 4.31. The Balaban J connectivity index is 1.62. The number of rotatable bonds is 1. The zero-order valence-corrected chi connectivity index (χ0v) is 15.8. The van der Waals surface area contributed by atoms with E-state index >= 15 is 0 Å². The lowest BCUT2D eigenvalue weighted by molar-refractivity contribution is -0.121. The van der Waals surface area contributed by atoms with Gasteiger partial charge in [-0.2, -0.15) is 0 Å². The molecule has 136 valence electrons. The first-order valence-electron chi connectivity index (χ1n) is 8.95. The molecular weight excluding hydrogens is 361 g/mol. The van der Waals surface area contributed by atoms with E-state index in [1.807, 2.05) is 6.92 Å². The monoisotopic (exact) mass is 383 g/mol. The lowest BCUT2D eigenvalue weighted by Gasteiger charge is -2.44. The highest BCUT2D eigenvalue weighted by Gasteiger charge is 2.57. The van der Waals surface area contributed by atoms with E-state index in [1.54, 1.807) is 12.1 Å². The number of carbonyl (C=O) groups is 1. The fraction of sp³-hybridized carbons (Fsp3) is 0.632. The second-order valence-corrected chi connectivity index (χ2v) is 8.66.